The lowest BCUT2D eigenvalue weighted by Gasteiger charge is -2.20. The molecule has 1 aromatic rings. The van der Waals surface area contributed by atoms with Crippen molar-refractivity contribution in [2.75, 3.05) is 20.3 Å². The van der Waals surface area contributed by atoms with Crippen molar-refractivity contribution in [2.45, 2.75) is 39.3 Å². The Bertz CT molecular complexity index is 341. The summed E-state index contributed by atoms with van der Waals surface area (Å²) in [6.07, 6.45) is 1.26. The van der Waals surface area contributed by atoms with Crippen molar-refractivity contribution in [3.05, 3.63) is 29.8 Å². The van der Waals surface area contributed by atoms with E-state index in [-0.39, 0.29) is 12.1 Å². The van der Waals surface area contributed by atoms with Crippen LogP contribution >= 0.6 is 0 Å². The molecular weight excluding hydrogens is 226 g/mol. The van der Waals surface area contributed by atoms with E-state index in [1.807, 2.05) is 18.2 Å². The molecule has 3 nitrogen and oxygen atoms in total. The number of rotatable bonds is 8. The Balaban J connectivity index is 2.68. The first kappa shape index (κ1) is 15.0. The van der Waals surface area contributed by atoms with E-state index in [4.69, 9.17) is 9.47 Å². The number of benzene rings is 1. The third-order valence-corrected chi connectivity index (χ3v) is 3.05. The Morgan fingerprint density at radius 2 is 1.94 bits per heavy atom. The Morgan fingerprint density at radius 3 is 2.61 bits per heavy atom. The molecule has 0 spiro atoms. The molecule has 1 N–H and O–H groups in total. The van der Waals surface area contributed by atoms with Gasteiger partial charge in [0, 0.05) is 25.3 Å². The molecule has 2 unspecified atom stereocenters. The van der Waals surface area contributed by atoms with Crippen LogP contribution in [0, 0.1) is 0 Å². The Kier molecular flexibility index (Phi) is 6.76. The van der Waals surface area contributed by atoms with Crippen molar-refractivity contribution < 1.29 is 9.47 Å². The second kappa shape index (κ2) is 8.11. The summed E-state index contributed by atoms with van der Waals surface area (Å²) >= 11 is 0. The first-order valence-electron chi connectivity index (χ1n) is 6.67. The third kappa shape index (κ3) is 4.67. The van der Waals surface area contributed by atoms with Crippen LogP contribution < -0.4 is 10.1 Å². The van der Waals surface area contributed by atoms with E-state index in [1.54, 1.807) is 7.11 Å². The summed E-state index contributed by atoms with van der Waals surface area (Å²) < 4.78 is 11.0. The molecule has 0 saturated carbocycles. The van der Waals surface area contributed by atoms with Crippen LogP contribution in [-0.2, 0) is 4.74 Å². The molecule has 0 aliphatic rings. The average molecular weight is 251 g/mol. The van der Waals surface area contributed by atoms with Gasteiger partial charge in [-0.05, 0) is 26.3 Å². The van der Waals surface area contributed by atoms with Gasteiger partial charge in [-0.15, -0.1) is 0 Å². The van der Waals surface area contributed by atoms with Crippen LogP contribution in [-0.4, -0.2) is 26.4 Å². The predicted molar refractivity (Wildman–Crippen MR) is 75.1 cm³/mol. The molecule has 0 heterocycles. The minimum absolute atomic E-state index is 0.248. The molecule has 2 atom stereocenters. The smallest absolute Gasteiger partial charge is 0.124 e. The molecule has 102 valence electrons. The van der Waals surface area contributed by atoms with E-state index < -0.39 is 0 Å². The van der Waals surface area contributed by atoms with Crippen molar-refractivity contribution in [2.24, 2.45) is 0 Å². The van der Waals surface area contributed by atoms with E-state index >= 15 is 0 Å². The largest absolute Gasteiger partial charge is 0.490 e. The zero-order valence-electron chi connectivity index (χ0n) is 11.9. The van der Waals surface area contributed by atoms with Crippen molar-refractivity contribution in [1.29, 1.82) is 0 Å². The second-order valence-corrected chi connectivity index (χ2v) is 4.54. The fourth-order valence-electron chi connectivity index (χ4n) is 1.73. The van der Waals surface area contributed by atoms with Gasteiger partial charge in [-0.1, -0.05) is 25.1 Å². The van der Waals surface area contributed by atoms with Gasteiger partial charge in [-0.3, -0.25) is 0 Å². The fraction of sp³-hybridized carbons (Fsp3) is 0.600. The lowest BCUT2D eigenvalue weighted by molar-refractivity contribution is 0.194. The summed E-state index contributed by atoms with van der Waals surface area (Å²) in [5.74, 6) is 0.976. The monoisotopic (exact) mass is 251 g/mol. The quantitative estimate of drug-likeness (QED) is 0.720. The number of para-hydroxylation sites is 1. The van der Waals surface area contributed by atoms with Gasteiger partial charge in [-0.25, -0.2) is 0 Å². The number of hydrogen-bond acceptors (Lipinski definition) is 3. The highest BCUT2D eigenvalue weighted by molar-refractivity contribution is 5.35. The molecule has 1 rings (SSSR count). The summed E-state index contributed by atoms with van der Waals surface area (Å²) in [7, 11) is 1.71. The second-order valence-electron chi connectivity index (χ2n) is 4.54. The molecular formula is C15H25NO2. The molecule has 18 heavy (non-hydrogen) atoms. The molecule has 1 aromatic carbocycles. The molecule has 0 aliphatic heterocycles. The van der Waals surface area contributed by atoms with Crippen molar-refractivity contribution in [3.63, 3.8) is 0 Å². The molecule has 0 fully saturated rings. The molecule has 0 aliphatic carbocycles. The summed E-state index contributed by atoms with van der Waals surface area (Å²) in [5.41, 5.74) is 1.20. The SMILES string of the molecule is CCC(C)Oc1ccccc1C(C)NCCOC. The summed E-state index contributed by atoms with van der Waals surface area (Å²) in [4.78, 5) is 0. The molecule has 0 radical (unpaired) electrons. The lowest BCUT2D eigenvalue weighted by Crippen LogP contribution is -2.23. The number of nitrogens with one attached hydrogen (secondary N) is 1. The van der Waals surface area contributed by atoms with Gasteiger partial charge in [0.2, 0.25) is 0 Å². The van der Waals surface area contributed by atoms with Crippen LogP contribution in [0.25, 0.3) is 0 Å². The Morgan fingerprint density at radius 1 is 1.22 bits per heavy atom. The van der Waals surface area contributed by atoms with Crippen molar-refractivity contribution in [1.82, 2.24) is 5.32 Å². The zero-order chi connectivity index (χ0) is 13.4. The molecule has 0 saturated heterocycles. The van der Waals surface area contributed by atoms with Crippen LogP contribution in [0.3, 0.4) is 0 Å². The van der Waals surface area contributed by atoms with Gasteiger partial charge in [0.25, 0.3) is 0 Å². The maximum absolute atomic E-state index is 5.95. The summed E-state index contributed by atoms with van der Waals surface area (Å²) in [6, 6.07) is 8.48. The average Bonchev–Trinajstić information content (AvgIpc) is 2.39. The van der Waals surface area contributed by atoms with E-state index in [1.165, 1.54) is 5.56 Å². The topological polar surface area (TPSA) is 30.5 Å². The van der Waals surface area contributed by atoms with E-state index in [2.05, 4.69) is 32.2 Å². The minimum Gasteiger partial charge on any atom is -0.490 e. The van der Waals surface area contributed by atoms with Gasteiger partial charge in [0.15, 0.2) is 0 Å². The first-order valence-corrected chi connectivity index (χ1v) is 6.67. The van der Waals surface area contributed by atoms with E-state index in [9.17, 15) is 0 Å². The fourth-order valence-corrected chi connectivity index (χ4v) is 1.73. The van der Waals surface area contributed by atoms with Gasteiger partial charge in [0.05, 0.1) is 12.7 Å². The van der Waals surface area contributed by atoms with E-state index in [0.717, 1.165) is 25.3 Å². The third-order valence-electron chi connectivity index (χ3n) is 3.05. The zero-order valence-corrected chi connectivity index (χ0v) is 11.9. The van der Waals surface area contributed by atoms with Crippen LogP contribution in [0.1, 0.15) is 38.8 Å². The number of ether oxygens (including phenoxy) is 2. The standard InChI is InChI=1S/C15H25NO2/c1-5-12(2)18-15-9-7-6-8-14(15)13(3)16-10-11-17-4/h6-9,12-13,16H,5,10-11H2,1-4H3. The predicted octanol–water partition coefficient (Wildman–Crippen LogP) is 3.16. The highest BCUT2D eigenvalue weighted by Gasteiger charge is 2.12. The van der Waals surface area contributed by atoms with Crippen LogP contribution in [0.4, 0.5) is 0 Å². The maximum Gasteiger partial charge on any atom is 0.124 e. The Hall–Kier alpha value is -1.06. The van der Waals surface area contributed by atoms with Crippen LogP contribution in [0.15, 0.2) is 24.3 Å². The molecule has 3 heteroatoms. The number of methoxy groups -OCH3 is 1. The summed E-state index contributed by atoms with van der Waals surface area (Å²) in [6.45, 7) is 7.94. The summed E-state index contributed by atoms with van der Waals surface area (Å²) in [5, 5.41) is 3.43. The van der Waals surface area contributed by atoms with Crippen molar-refractivity contribution in [3.8, 4) is 5.75 Å². The van der Waals surface area contributed by atoms with Crippen molar-refractivity contribution >= 4 is 0 Å². The number of hydrogen-bond donors (Lipinski definition) is 1. The molecule has 0 aromatic heterocycles. The molecule has 0 amide bonds. The van der Waals surface area contributed by atoms with Crippen LogP contribution in [0.5, 0.6) is 5.75 Å². The Labute approximate surface area is 110 Å². The van der Waals surface area contributed by atoms with E-state index in [0.29, 0.717) is 0 Å². The first-order chi connectivity index (χ1) is 8.69. The van der Waals surface area contributed by atoms with Gasteiger partial charge in [-0.2, -0.15) is 0 Å². The minimum atomic E-state index is 0.248. The highest BCUT2D eigenvalue weighted by Crippen LogP contribution is 2.25. The lowest BCUT2D eigenvalue weighted by atomic mass is 10.1. The van der Waals surface area contributed by atoms with Gasteiger partial charge < -0.3 is 14.8 Å². The van der Waals surface area contributed by atoms with Gasteiger partial charge in [0.1, 0.15) is 5.75 Å². The highest BCUT2D eigenvalue weighted by atomic mass is 16.5. The molecule has 0 bridgehead atoms. The van der Waals surface area contributed by atoms with Gasteiger partial charge >= 0.3 is 0 Å². The van der Waals surface area contributed by atoms with Crippen LogP contribution in [0.2, 0.25) is 0 Å². The normalized spacial score (nSPS) is 14.2. The maximum atomic E-state index is 5.95.